The Morgan fingerprint density at radius 3 is 2.81 bits per heavy atom. The number of hydrogen-bond donors (Lipinski definition) is 1. The molecular formula is C19H25N5O2. The van der Waals surface area contributed by atoms with E-state index in [9.17, 15) is 10.1 Å². The molecule has 0 radical (unpaired) electrons. The lowest BCUT2D eigenvalue weighted by Crippen LogP contribution is -2.27. The van der Waals surface area contributed by atoms with E-state index in [0.29, 0.717) is 23.2 Å². The zero-order chi connectivity index (χ0) is 18.7. The van der Waals surface area contributed by atoms with Gasteiger partial charge in [0.15, 0.2) is 0 Å². The molecule has 1 saturated heterocycles. The number of rotatable bonds is 6. The average Bonchev–Trinajstić information content (AvgIpc) is 3.02. The number of aryl methyl sites for hydroxylation is 2. The zero-order valence-corrected chi connectivity index (χ0v) is 15.5. The van der Waals surface area contributed by atoms with Gasteiger partial charge in [-0.05, 0) is 39.2 Å². The summed E-state index contributed by atoms with van der Waals surface area (Å²) in [6.45, 7) is 7.06. The predicted molar refractivity (Wildman–Crippen MR) is 103 cm³/mol. The highest BCUT2D eigenvalue weighted by Gasteiger charge is 2.23. The van der Waals surface area contributed by atoms with Gasteiger partial charge in [0, 0.05) is 41.7 Å². The number of aromatic nitrogens is 2. The summed E-state index contributed by atoms with van der Waals surface area (Å²) < 4.78 is 0. The maximum absolute atomic E-state index is 11.2. The summed E-state index contributed by atoms with van der Waals surface area (Å²) in [6, 6.07) is 7.61. The molecule has 2 aromatic rings. The first-order valence-corrected chi connectivity index (χ1v) is 9.14. The molecule has 1 aliphatic rings. The maximum atomic E-state index is 11.2. The second kappa shape index (κ2) is 7.68. The average molecular weight is 355 g/mol. The fraction of sp³-hybridized carbons (Fsp3) is 0.474. The van der Waals surface area contributed by atoms with E-state index < -0.39 is 0 Å². The Morgan fingerprint density at radius 1 is 1.35 bits per heavy atom. The molecule has 0 amide bonds. The Labute approximate surface area is 153 Å². The Kier molecular flexibility index (Phi) is 5.35. The largest absolute Gasteiger partial charge is 0.354 e. The molecule has 26 heavy (non-hydrogen) atoms. The first kappa shape index (κ1) is 18.1. The fourth-order valence-corrected chi connectivity index (χ4v) is 3.36. The van der Waals surface area contributed by atoms with E-state index >= 15 is 0 Å². The lowest BCUT2D eigenvalue weighted by Gasteiger charge is -2.23. The van der Waals surface area contributed by atoms with Crippen LogP contribution in [0.25, 0.3) is 0 Å². The summed E-state index contributed by atoms with van der Waals surface area (Å²) in [5.74, 6) is 1.42. The van der Waals surface area contributed by atoms with Gasteiger partial charge in [-0.2, -0.15) is 4.98 Å². The van der Waals surface area contributed by atoms with E-state index in [1.165, 1.54) is 18.9 Å². The lowest BCUT2D eigenvalue weighted by atomic mass is 10.2. The van der Waals surface area contributed by atoms with Crippen LogP contribution in [-0.4, -0.2) is 27.5 Å². The van der Waals surface area contributed by atoms with Gasteiger partial charge in [0.1, 0.15) is 5.82 Å². The Morgan fingerprint density at radius 2 is 2.15 bits per heavy atom. The van der Waals surface area contributed by atoms with Crippen LogP contribution in [0.1, 0.15) is 44.4 Å². The van der Waals surface area contributed by atoms with E-state index in [2.05, 4.69) is 40.1 Å². The Bertz CT molecular complexity index is 809. The van der Waals surface area contributed by atoms with Crippen LogP contribution in [0.3, 0.4) is 0 Å². The van der Waals surface area contributed by atoms with Gasteiger partial charge in [0.05, 0.1) is 4.92 Å². The molecule has 7 nitrogen and oxygen atoms in total. The van der Waals surface area contributed by atoms with Crippen LogP contribution in [0.4, 0.5) is 23.1 Å². The molecule has 1 fully saturated rings. The van der Waals surface area contributed by atoms with Crippen molar-refractivity contribution in [3.8, 4) is 0 Å². The summed E-state index contributed by atoms with van der Waals surface area (Å²) in [6.07, 6.45) is 4.21. The van der Waals surface area contributed by atoms with Crippen molar-refractivity contribution in [1.82, 2.24) is 9.97 Å². The fourth-order valence-electron chi connectivity index (χ4n) is 3.36. The van der Waals surface area contributed by atoms with Crippen LogP contribution >= 0.6 is 0 Å². The van der Waals surface area contributed by atoms with Crippen LogP contribution in [-0.2, 0) is 6.42 Å². The van der Waals surface area contributed by atoms with Crippen molar-refractivity contribution < 1.29 is 4.92 Å². The van der Waals surface area contributed by atoms with Gasteiger partial charge >= 0.3 is 0 Å². The molecule has 0 spiro atoms. The molecule has 0 saturated carbocycles. The number of nitro groups is 1. The third-order valence-electron chi connectivity index (χ3n) is 4.78. The van der Waals surface area contributed by atoms with Gasteiger partial charge in [-0.1, -0.05) is 19.4 Å². The van der Waals surface area contributed by atoms with Crippen molar-refractivity contribution in [3.63, 3.8) is 0 Å². The molecule has 1 unspecified atom stereocenters. The highest BCUT2D eigenvalue weighted by Crippen LogP contribution is 2.28. The molecule has 138 valence electrons. The Hall–Kier alpha value is -2.70. The highest BCUT2D eigenvalue weighted by molar-refractivity contribution is 5.61. The molecule has 1 aromatic heterocycles. The third kappa shape index (κ3) is 3.92. The number of hydrogen-bond acceptors (Lipinski definition) is 6. The number of nitro benzene ring substituents is 1. The van der Waals surface area contributed by atoms with E-state index in [1.807, 2.05) is 6.07 Å². The molecule has 7 heteroatoms. The number of nitrogens with one attached hydrogen (secondary N) is 1. The van der Waals surface area contributed by atoms with E-state index in [-0.39, 0.29) is 10.6 Å². The molecule has 1 N–H and O–H groups in total. The summed E-state index contributed by atoms with van der Waals surface area (Å²) in [4.78, 5) is 22.4. The highest BCUT2D eigenvalue weighted by atomic mass is 16.6. The molecular weight excluding hydrogens is 330 g/mol. The number of nitrogens with zero attached hydrogens (tertiary/aromatic N) is 4. The van der Waals surface area contributed by atoms with Gasteiger partial charge < -0.3 is 10.2 Å². The number of benzene rings is 1. The smallest absolute Gasteiger partial charge is 0.274 e. The molecule has 1 aromatic carbocycles. The van der Waals surface area contributed by atoms with Crippen LogP contribution in [0.5, 0.6) is 0 Å². The second-order valence-electron chi connectivity index (χ2n) is 6.86. The second-order valence-corrected chi connectivity index (χ2v) is 6.86. The van der Waals surface area contributed by atoms with Crippen molar-refractivity contribution in [1.29, 1.82) is 0 Å². The van der Waals surface area contributed by atoms with E-state index in [1.54, 1.807) is 13.0 Å². The van der Waals surface area contributed by atoms with Crippen molar-refractivity contribution in [2.24, 2.45) is 0 Å². The summed E-state index contributed by atoms with van der Waals surface area (Å²) in [5, 5.41) is 14.3. The molecule has 0 bridgehead atoms. The maximum Gasteiger partial charge on any atom is 0.274 e. The standard InChI is InChI=1S/C19H25N5O2/c1-4-6-15-12-18(23-10-5-7-14(23)3)22-19(20-15)21-16-9-8-13(2)17(11-16)24(25)26/h8-9,11-12,14H,4-7,10H2,1-3H3,(H,20,21,22). The van der Waals surface area contributed by atoms with Gasteiger partial charge in [-0.3, -0.25) is 10.1 Å². The lowest BCUT2D eigenvalue weighted by molar-refractivity contribution is -0.385. The van der Waals surface area contributed by atoms with Gasteiger partial charge in [0.2, 0.25) is 5.95 Å². The SMILES string of the molecule is CCCc1cc(N2CCCC2C)nc(Nc2ccc(C)c([N+](=O)[O-])c2)n1. The van der Waals surface area contributed by atoms with Crippen molar-refractivity contribution in [3.05, 3.63) is 45.6 Å². The summed E-state index contributed by atoms with van der Waals surface area (Å²) in [5.41, 5.74) is 2.33. The zero-order valence-electron chi connectivity index (χ0n) is 15.5. The van der Waals surface area contributed by atoms with Gasteiger partial charge in [0.25, 0.3) is 5.69 Å². The van der Waals surface area contributed by atoms with Crippen molar-refractivity contribution >= 4 is 23.1 Å². The molecule has 1 aliphatic heterocycles. The van der Waals surface area contributed by atoms with Crippen LogP contribution < -0.4 is 10.2 Å². The third-order valence-corrected chi connectivity index (χ3v) is 4.78. The monoisotopic (exact) mass is 355 g/mol. The van der Waals surface area contributed by atoms with Crippen LogP contribution in [0, 0.1) is 17.0 Å². The van der Waals surface area contributed by atoms with Crippen LogP contribution in [0.2, 0.25) is 0 Å². The van der Waals surface area contributed by atoms with E-state index in [4.69, 9.17) is 0 Å². The summed E-state index contributed by atoms with van der Waals surface area (Å²) in [7, 11) is 0. The molecule has 3 rings (SSSR count). The first-order chi connectivity index (χ1) is 12.5. The first-order valence-electron chi connectivity index (χ1n) is 9.14. The number of anilines is 3. The molecule has 1 atom stereocenters. The predicted octanol–water partition coefficient (Wildman–Crippen LogP) is 4.38. The minimum absolute atomic E-state index is 0.0908. The summed E-state index contributed by atoms with van der Waals surface area (Å²) >= 11 is 0. The Balaban J connectivity index is 1.92. The van der Waals surface area contributed by atoms with Crippen LogP contribution in [0.15, 0.2) is 24.3 Å². The van der Waals surface area contributed by atoms with Gasteiger partial charge in [-0.25, -0.2) is 4.98 Å². The van der Waals surface area contributed by atoms with Crippen molar-refractivity contribution in [2.75, 3.05) is 16.8 Å². The molecule has 0 aliphatic carbocycles. The topological polar surface area (TPSA) is 84.2 Å². The quantitative estimate of drug-likeness (QED) is 0.611. The molecule has 2 heterocycles. The minimum atomic E-state index is -0.369. The van der Waals surface area contributed by atoms with Gasteiger partial charge in [-0.15, -0.1) is 0 Å². The minimum Gasteiger partial charge on any atom is -0.354 e. The van der Waals surface area contributed by atoms with E-state index in [0.717, 1.165) is 30.9 Å². The van der Waals surface area contributed by atoms with Crippen molar-refractivity contribution in [2.45, 2.75) is 52.5 Å². The normalized spacial score (nSPS) is 16.7.